The van der Waals surface area contributed by atoms with Crippen LogP contribution in [0.25, 0.3) is 5.57 Å². The molecule has 0 bridgehead atoms. The summed E-state index contributed by atoms with van der Waals surface area (Å²) in [6.45, 7) is 2.11. The average Bonchev–Trinajstić information content (AvgIpc) is 3.01. The van der Waals surface area contributed by atoms with Crippen LogP contribution in [0.4, 0.5) is 0 Å². The number of nitrogens with zero attached hydrogens (tertiary/aromatic N) is 1. The molecule has 118 valence electrons. The van der Waals surface area contributed by atoms with Gasteiger partial charge in [0.25, 0.3) is 0 Å². The fourth-order valence-corrected chi connectivity index (χ4v) is 2.91. The van der Waals surface area contributed by atoms with Gasteiger partial charge in [-0.2, -0.15) is 0 Å². The minimum absolute atomic E-state index is 0.843. The predicted molar refractivity (Wildman–Crippen MR) is 96.7 cm³/mol. The maximum absolute atomic E-state index is 5.98. The van der Waals surface area contributed by atoms with Crippen molar-refractivity contribution in [3.8, 4) is 0 Å². The second-order valence-electron chi connectivity index (χ2n) is 6.27. The van der Waals surface area contributed by atoms with Gasteiger partial charge < -0.3 is 4.42 Å². The van der Waals surface area contributed by atoms with Gasteiger partial charge in [-0.15, -0.1) is 0 Å². The number of aromatic nitrogens is 1. The van der Waals surface area contributed by atoms with Crippen LogP contribution in [0.15, 0.2) is 83.1 Å². The molecule has 1 aromatic carbocycles. The molecule has 0 radical (unpaired) electrons. The van der Waals surface area contributed by atoms with Crippen molar-refractivity contribution in [1.29, 1.82) is 0 Å². The third-order valence-electron chi connectivity index (χ3n) is 4.27. The van der Waals surface area contributed by atoms with Crippen molar-refractivity contribution in [2.45, 2.75) is 19.8 Å². The summed E-state index contributed by atoms with van der Waals surface area (Å²) in [5.41, 5.74) is 6.27. The maximum Gasteiger partial charge on any atom is 0.108 e. The van der Waals surface area contributed by atoms with E-state index in [4.69, 9.17) is 4.42 Å². The topological polar surface area (TPSA) is 26.0 Å². The zero-order valence-corrected chi connectivity index (χ0v) is 13.7. The lowest BCUT2D eigenvalue weighted by atomic mass is 9.91. The molecule has 0 N–H and O–H groups in total. The van der Waals surface area contributed by atoms with Crippen molar-refractivity contribution in [2.75, 3.05) is 0 Å². The van der Waals surface area contributed by atoms with Gasteiger partial charge in [0.05, 0.1) is 0 Å². The number of aryl methyl sites for hydroxylation is 1. The Morgan fingerprint density at radius 1 is 0.875 bits per heavy atom. The first-order valence-corrected chi connectivity index (χ1v) is 8.22. The summed E-state index contributed by atoms with van der Waals surface area (Å²) in [7, 11) is 0. The van der Waals surface area contributed by atoms with Gasteiger partial charge in [0.2, 0.25) is 0 Å². The Morgan fingerprint density at radius 2 is 1.62 bits per heavy atom. The molecule has 0 aliphatic heterocycles. The smallest absolute Gasteiger partial charge is 0.108 e. The van der Waals surface area contributed by atoms with Crippen LogP contribution in [0.5, 0.6) is 0 Å². The molecule has 0 saturated carbocycles. The van der Waals surface area contributed by atoms with Crippen LogP contribution in [0, 0.1) is 6.92 Å². The molecule has 0 atom stereocenters. The van der Waals surface area contributed by atoms with Crippen molar-refractivity contribution < 1.29 is 4.42 Å². The highest BCUT2D eigenvalue weighted by molar-refractivity contribution is 5.83. The largest absolute Gasteiger partial charge is 0.465 e. The molecular formula is C22H19NO. The fourth-order valence-electron chi connectivity index (χ4n) is 2.91. The third kappa shape index (κ3) is 3.23. The van der Waals surface area contributed by atoms with E-state index in [-0.39, 0.29) is 0 Å². The molecule has 2 heterocycles. The molecule has 0 unspecified atom stereocenters. The lowest BCUT2D eigenvalue weighted by molar-refractivity contribution is 0.482. The maximum atomic E-state index is 5.98. The van der Waals surface area contributed by atoms with E-state index in [9.17, 15) is 0 Å². The number of hydrogen-bond donors (Lipinski definition) is 0. The van der Waals surface area contributed by atoms with Crippen molar-refractivity contribution in [2.24, 2.45) is 0 Å². The quantitative estimate of drug-likeness (QED) is 0.652. The van der Waals surface area contributed by atoms with Gasteiger partial charge >= 0.3 is 0 Å². The molecule has 2 nitrogen and oxygen atoms in total. The van der Waals surface area contributed by atoms with Crippen LogP contribution < -0.4 is 0 Å². The van der Waals surface area contributed by atoms with E-state index >= 15 is 0 Å². The van der Waals surface area contributed by atoms with E-state index in [0.717, 1.165) is 24.4 Å². The number of furan rings is 1. The highest BCUT2D eigenvalue weighted by Crippen LogP contribution is 2.29. The normalized spacial score (nSPS) is 13.2. The first kappa shape index (κ1) is 14.7. The van der Waals surface area contributed by atoms with Gasteiger partial charge in [-0.25, -0.2) is 0 Å². The summed E-state index contributed by atoms with van der Waals surface area (Å²) in [6.07, 6.45) is 9.80. The van der Waals surface area contributed by atoms with E-state index in [1.807, 2.05) is 12.3 Å². The number of allylic oxidation sites excluding steroid dienone is 4. The monoisotopic (exact) mass is 313 g/mol. The van der Waals surface area contributed by atoms with E-state index in [0.29, 0.717) is 0 Å². The van der Waals surface area contributed by atoms with Gasteiger partial charge in [-0.1, -0.05) is 48.0 Å². The van der Waals surface area contributed by atoms with E-state index in [2.05, 4.69) is 66.5 Å². The van der Waals surface area contributed by atoms with Gasteiger partial charge in [-0.05, 0) is 41.8 Å². The first-order chi connectivity index (χ1) is 11.8. The number of benzene rings is 1. The van der Waals surface area contributed by atoms with Crippen LogP contribution >= 0.6 is 0 Å². The summed E-state index contributed by atoms with van der Waals surface area (Å²) >= 11 is 0. The molecule has 1 aliphatic carbocycles. The van der Waals surface area contributed by atoms with Gasteiger partial charge in [-0.3, -0.25) is 4.98 Å². The molecule has 0 amide bonds. The Bertz CT molecular complexity index is 899. The summed E-state index contributed by atoms with van der Waals surface area (Å²) < 4.78 is 5.98. The molecule has 0 fully saturated rings. The van der Waals surface area contributed by atoms with E-state index < -0.39 is 0 Å². The van der Waals surface area contributed by atoms with E-state index in [1.165, 1.54) is 27.8 Å². The molecule has 24 heavy (non-hydrogen) atoms. The Kier molecular flexibility index (Phi) is 3.87. The Hall–Kier alpha value is -2.87. The van der Waals surface area contributed by atoms with Crippen LogP contribution in [-0.4, -0.2) is 4.98 Å². The molecule has 3 aromatic rings. The minimum Gasteiger partial charge on any atom is -0.465 e. The number of hydrogen-bond acceptors (Lipinski definition) is 2. The lowest BCUT2D eigenvalue weighted by Crippen LogP contribution is -1.97. The number of rotatable bonds is 5. The zero-order valence-electron chi connectivity index (χ0n) is 13.7. The summed E-state index contributed by atoms with van der Waals surface area (Å²) in [5.74, 6) is 2.04. The van der Waals surface area contributed by atoms with Crippen molar-refractivity contribution >= 4 is 5.57 Å². The molecule has 2 heteroatoms. The first-order valence-electron chi connectivity index (χ1n) is 8.22. The molecule has 2 aromatic heterocycles. The Morgan fingerprint density at radius 3 is 2.33 bits per heavy atom. The molecule has 1 aliphatic rings. The minimum atomic E-state index is 0.843. The van der Waals surface area contributed by atoms with Crippen LogP contribution in [0.3, 0.4) is 0 Å². The van der Waals surface area contributed by atoms with Crippen molar-refractivity contribution in [3.05, 3.63) is 107 Å². The van der Waals surface area contributed by atoms with Gasteiger partial charge in [0.1, 0.15) is 11.5 Å². The second-order valence-corrected chi connectivity index (χ2v) is 6.27. The summed E-state index contributed by atoms with van der Waals surface area (Å²) in [4.78, 5) is 4.16. The van der Waals surface area contributed by atoms with E-state index in [1.54, 1.807) is 6.20 Å². The summed E-state index contributed by atoms with van der Waals surface area (Å²) in [5, 5.41) is 0. The predicted octanol–water partition coefficient (Wildman–Crippen LogP) is 5.14. The van der Waals surface area contributed by atoms with Crippen LogP contribution in [0.2, 0.25) is 0 Å². The second kappa shape index (κ2) is 6.32. The van der Waals surface area contributed by atoms with Gasteiger partial charge in [0, 0.05) is 30.8 Å². The average molecular weight is 313 g/mol. The standard InChI is InChI=1S/C22H19NO/c1-16-4-6-17(7-5-16)13-21-8-9-22(24-21)14-18-11-20(12-18)19-3-2-10-23-15-19/h2-12,15H,13-14H2,1H3. The fraction of sp³-hybridized carbons (Fsp3) is 0.136. The third-order valence-corrected chi connectivity index (χ3v) is 4.27. The Balaban J connectivity index is 1.37. The van der Waals surface area contributed by atoms with Crippen LogP contribution in [0.1, 0.15) is 28.2 Å². The van der Waals surface area contributed by atoms with Crippen molar-refractivity contribution in [3.63, 3.8) is 0 Å². The lowest BCUT2D eigenvalue weighted by Gasteiger charge is -2.14. The summed E-state index contributed by atoms with van der Waals surface area (Å²) in [6, 6.07) is 16.8. The van der Waals surface area contributed by atoms with Crippen LogP contribution in [-0.2, 0) is 12.8 Å². The highest BCUT2D eigenvalue weighted by Gasteiger charge is 2.13. The molecule has 0 spiro atoms. The molecule has 4 rings (SSSR count). The molecular weight excluding hydrogens is 294 g/mol. The highest BCUT2D eigenvalue weighted by atomic mass is 16.3. The molecule has 0 saturated heterocycles. The van der Waals surface area contributed by atoms with Crippen molar-refractivity contribution in [1.82, 2.24) is 4.98 Å². The Labute approximate surface area is 142 Å². The number of pyridine rings is 1. The SMILES string of the molecule is Cc1ccc(Cc2ccc(CC3=CC(c4cccnc4)=C3)o2)cc1. The van der Waals surface area contributed by atoms with Gasteiger partial charge in [0.15, 0.2) is 0 Å². The zero-order chi connectivity index (χ0) is 16.4.